The number of para-hydroxylation sites is 1. The van der Waals surface area contributed by atoms with Gasteiger partial charge >= 0.3 is 0 Å². The van der Waals surface area contributed by atoms with Gasteiger partial charge in [-0.25, -0.2) is 0 Å². The molecule has 1 aromatic carbocycles. The highest BCUT2D eigenvalue weighted by Gasteiger charge is 2.21. The fourth-order valence-electron chi connectivity index (χ4n) is 4.20. The Bertz CT molecular complexity index is 781. The molecule has 4 rings (SSSR count). The first-order valence-corrected chi connectivity index (χ1v) is 11.5. The molecule has 2 fully saturated rings. The summed E-state index contributed by atoms with van der Waals surface area (Å²) in [5, 5.41) is 7.21. The van der Waals surface area contributed by atoms with Crippen LogP contribution in [0.25, 0.3) is 0 Å². The number of hydrogen-bond donors (Lipinski definition) is 2. The van der Waals surface area contributed by atoms with Gasteiger partial charge in [0.05, 0.1) is 26.0 Å². The van der Waals surface area contributed by atoms with Crippen molar-refractivity contribution in [2.75, 3.05) is 63.9 Å². The molecule has 0 spiro atoms. The van der Waals surface area contributed by atoms with Gasteiger partial charge in [0.25, 0.3) is 0 Å². The summed E-state index contributed by atoms with van der Waals surface area (Å²) in [7, 11) is 0. The fourth-order valence-corrected chi connectivity index (χ4v) is 4.20. The molecule has 2 saturated heterocycles. The first-order chi connectivity index (χ1) is 15.4. The zero-order valence-corrected chi connectivity index (χ0v) is 21.1. The van der Waals surface area contributed by atoms with Crippen molar-refractivity contribution in [2.24, 2.45) is 4.99 Å². The topological polar surface area (TPSA) is 65.3 Å². The summed E-state index contributed by atoms with van der Waals surface area (Å²) in [6.45, 7) is 8.30. The van der Waals surface area contributed by atoms with Gasteiger partial charge in [-0.05, 0) is 37.1 Å². The molecule has 8 heteroatoms. The third kappa shape index (κ3) is 7.97. The standard InChI is InChI=1S/C24H35N5O2.HI/c1-2-7-22(8-3-1)29-13-4-6-21(20-29)27-24(25-11-10-23-9-5-17-31-23)26-12-14-28-15-18-30-19-16-28;/h1-3,5,7-9,17,21H,4,6,10-16,18-20H2,(H2,25,26,27);1H. The number of rotatable bonds is 8. The van der Waals surface area contributed by atoms with Crippen LogP contribution in [0.15, 0.2) is 58.1 Å². The molecule has 2 aromatic rings. The zero-order valence-electron chi connectivity index (χ0n) is 18.7. The minimum absolute atomic E-state index is 0. The first kappa shape index (κ1) is 24.9. The lowest BCUT2D eigenvalue weighted by atomic mass is 10.1. The van der Waals surface area contributed by atoms with E-state index in [0.717, 1.165) is 83.6 Å². The highest BCUT2D eigenvalue weighted by molar-refractivity contribution is 14.0. The Morgan fingerprint density at radius 1 is 1.06 bits per heavy atom. The number of morpholine rings is 1. The molecule has 176 valence electrons. The summed E-state index contributed by atoms with van der Waals surface area (Å²) in [6.07, 6.45) is 4.91. The SMILES string of the molecule is I.c1ccc(N2CCCC(NC(=NCCN3CCOCC3)NCCc3ccco3)C2)cc1. The van der Waals surface area contributed by atoms with Crippen molar-refractivity contribution in [3.63, 3.8) is 0 Å². The van der Waals surface area contributed by atoms with Crippen molar-refractivity contribution in [1.82, 2.24) is 15.5 Å². The first-order valence-electron chi connectivity index (χ1n) is 11.5. The number of anilines is 1. The summed E-state index contributed by atoms with van der Waals surface area (Å²) in [6, 6.07) is 15.0. The van der Waals surface area contributed by atoms with E-state index in [-0.39, 0.29) is 24.0 Å². The number of hydrogen-bond acceptors (Lipinski definition) is 5. The maximum Gasteiger partial charge on any atom is 0.191 e. The van der Waals surface area contributed by atoms with Gasteiger partial charge in [0, 0.05) is 57.4 Å². The molecule has 3 heterocycles. The van der Waals surface area contributed by atoms with Crippen LogP contribution in [0.4, 0.5) is 5.69 Å². The van der Waals surface area contributed by atoms with Crippen LogP contribution in [0, 0.1) is 0 Å². The Morgan fingerprint density at radius 3 is 2.69 bits per heavy atom. The quantitative estimate of drug-likeness (QED) is 0.298. The third-order valence-electron chi connectivity index (χ3n) is 5.92. The average Bonchev–Trinajstić information content (AvgIpc) is 3.34. The minimum Gasteiger partial charge on any atom is -0.469 e. The second-order valence-electron chi connectivity index (χ2n) is 8.21. The van der Waals surface area contributed by atoms with Crippen molar-refractivity contribution in [1.29, 1.82) is 0 Å². The lowest BCUT2D eigenvalue weighted by molar-refractivity contribution is 0.0394. The summed E-state index contributed by atoms with van der Waals surface area (Å²) in [5.41, 5.74) is 1.30. The number of ether oxygens (including phenoxy) is 1. The number of piperidine rings is 1. The molecule has 2 aliphatic heterocycles. The Kier molecular flexibility index (Phi) is 10.6. The Morgan fingerprint density at radius 2 is 1.91 bits per heavy atom. The monoisotopic (exact) mass is 553 g/mol. The normalized spacial score (nSPS) is 19.9. The molecule has 32 heavy (non-hydrogen) atoms. The number of nitrogens with one attached hydrogen (secondary N) is 2. The van der Waals surface area contributed by atoms with Crippen LogP contribution >= 0.6 is 24.0 Å². The van der Waals surface area contributed by atoms with E-state index >= 15 is 0 Å². The Labute approximate surface area is 208 Å². The molecular formula is C24H36IN5O2. The fraction of sp³-hybridized carbons (Fsp3) is 0.542. The Balaban J connectivity index is 0.00000289. The van der Waals surface area contributed by atoms with E-state index < -0.39 is 0 Å². The van der Waals surface area contributed by atoms with Crippen LogP contribution in [0.1, 0.15) is 18.6 Å². The van der Waals surface area contributed by atoms with Crippen LogP contribution < -0.4 is 15.5 Å². The maximum atomic E-state index is 5.46. The van der Waals surface area contributed by atoms with Crippen LogP contribution in [-0.4, -0.2) is 75.9 Å². The van der Waals surface area contributed by atoms with Crippen LogP contribution in [0.5, 0.6) is 0 Å². The maximum absolute atomic E-state index is 5.46. The molecule has 2 aliphatic rings. The molecule has 0 bridgehead atoms. The molecule has 1 unspecified atom stereocenters. The van der Waals surface area contributed by atoms with Crippen molar-refractivity contribution in [3.05, 3.63) is 54.5 Å². The highest BCUT2D eigenvalue weighted by Crippen LogP contribution is 2.19. The molecule has 0 radical (unpaired) electrons. The lowest BCUT2D eigenvalue weighted by Gasteiger charge is -2.35. The van der Waals surface area contributed by atoms with E-state index in [2.05, 4.69) is 50.8 Å². The number of guanidine groups is 1. The lowest BCUT2D eigenvalue weighted by Crippen LogP contribution is -2.51. The van der Waals surface area contributed by atoms with E-state index in [1.54, 1.807) is 6.26 Å². The minimum atomic E-state index is 0. The number of aliphatic imine (C=N–C) groups is 1. The van der Waals surface area contributed by atoms with Gasteiger partial charge in [-0.15, -0.1) is 24.0 Å². The smallest absolute Gasteiger partial charge is 0.191 e. The zero-order chi connectivity index (χ0) is 21.1. The summed E-state index contributed by atoms with van der Waals surface area (Å²) >= 11 is 0. The number of halogens is 1. The Hall–Kier alpha value is -1.78. The van der Waals surface area contributed by atoms with Crippen molar-refractivity contribution in [3.8, 4) is 0 Å². The molecule has 2 N–H and O–H groups in total. The predicted molar refractivity (Wildman–Crippen MR) is 140 cm³/mol. The molecule has 0 saturated carbocycles. The van der Waals surface area contributed by atoms with E-state index in [1.807, 2.05) is 12.1 Å². The van der Waals surface area contributed by atoms with Gasteiger partial charge in [0.15, 0.2) is 5.96 Å². The summed E-state index contributed by atoms with van der Waals surface area (Å²) < 4.78 is 10.9. The molecule has 7 nitrogen and oxygen atoms in total. The van der Waals surface area contributed by atoms with Crippen LogP contribution in [0.2, 0.25) is 0 Å². The molecule has 0 amide bonds. The van der Waals surface area contributed by atoms with Gasteiger partial charge in [0.2, 0.25) is 0 Å². The van der Waals surface area contributed by atoms with Gasteiger partial charge in [-0.2, -0.15) is 0 Å². The molecule has 1 aromatic heterocycles. The second kappa shape index (κ2) is 13.7. The largest absolute Gasteiger partial charge is 0.469 e. The van der Waals surface area contributed by atoms with Crippen molar-refractivity contribution in [2.45, 2.75) is 25.3 Å². The van der Waals surface area contributed by atoms with Crippen molar-refractivity contribution < 1.29 is 9.15 Å². The molecule has 0 aliphatic carbocycles. The van der Waals surface area contributed by atoms with E-state index in [4.69, 9.17) is 14.1 Å². The van der Waals surface area contributed by atoms with Gasteiger partial charge in [0.1, 0.15) is 5.76 Å². The van der Waals surface area contributed by atoms with E-state index in [1.165, 1.54) is 12.1 Å². The van der Waals surface area contributed by atoms with Gasteiger partial charge in [-0.3, -0.25) is 9.89 Å². The highest BCUT2D eigenvalue weighted by atomic mass is 127. The van der Waals surface area contributed by atoms with Gasteiger partial charge in [-0.1, -0.05) is 18.2 Å². The summed E-state index contributed by atoms with van der Waals surface area (Å²) in [5.74, 6) is 1.90. The average molecular weight is 553 g/mol. The van der Waals surface area contributed by atoms with Crippen molar-refractivity contribution >= 4 is 35.6 Å². The molecule has 1 atom stereocenters. The summed E-state index contributed by atoms with van der Waals surface area (Å²) in [4.78, 5) is 9.78. The van der Waals surface area contributed by atoms with E-state index in [0.29, 0.717) is 6.04 Å². The van der Waals surface area contributed by atoms with Gasteiger partial charge < -0.3 is 24.7 Å². The molecular weight excluding hydrogens is 517 g/mol. The number of benzene rings is 1. The second-order valence-corrected chi connectivity index (χ2v) is 8.21. The third-order valence-corrected chi connectivity index (χ3v) is 5.92. The van der Waals surface area contributed by atoms with Crippen LogP contribution in [0.3, 0.4) is 0 Å². The predicted octanol–water partition coefficient (Wildman–Crippen LogP) is 2.98. The number of furan rings is 1. The van der Waals surface area contributed by atoms with Crippen LogP contribution in [-0.2, 0) is 11.2 Å². The number of nitrogens with zero attached hydrogens (tertiary/aromatic N) is 3. The van der Waals surface area contributed by atoms with E-state index in [9.17, 15) is 0 Å².